The Hall–Kier alpha value is 0.460. The molecule has 1 aliphatic heterocycles. The highest BCUT2D eigenvalue weighted by atomic mass is 33.1. The van der Waals surface area contributed by atoms with Gasteiger partial charge in [0.25, 0.3) is 0 Å². The SMILES string of the molecule is C=CCSSC1SC(=O)C(C)C1C. The van der Waals surface area contributed by atoms with Crippen LogP contribution < -0.4 is 0 Å². The minimum absolute atomic E-state index is 0.229. The minimum Gasteiger partial charge on any atom is -0.287 e. The van der Waals surface area contributed by atoms with Crippen molar-refractivity contribution in [3.05, 3.63) is 12.7 Å². The second-order valence-electron chi connectivity index (χ2n) is 3.12. The van der Waals surface area contributed by atoms with Crippen molar-refractivity contribution < 1.29 is 4.79 Å². The van der Waals surface area contributed by atoms with Crippen LogP contribution in [-0.2, 0) is 4.79 Å². The minimum atomic E-state index is 0.229. The molecule has 1 nitrogen and oxygen atoms in total. The maximum atomic E-state index is 11.3. The molecular weight excluding hydrogens is 220 g/mol. The van der Waals surface area contributed by atoms with Crippen LogP contribution >= 0.6 is 33.3 Å². The van der Waals surface area contributed by atoms with Crippen LogP contribution in [0.4, 0.5) is 0 Å². The smallest absolute Gasteiger partial charge is 0.193 e. The highest BCUT2D eigenvalue weighted by Crippen LogP contribution is 2.47. The summed E-state index contributed by atoms with van der Waals surface area (Å²) in [7, 11) is 3.60. The van der Waals surface area contributed by atoms with Crippen LogP contribution in [0.5, 0.6) is 0 Å². The summed E-state index contributed by atoms with van der Waals surface area (Å²) in [5.74, 6) is 1.68. The predicted octanol–water partition coefficient (Wildman–Crippen LogP) is 3.43. The molecule has 0 saturated carbocycles. The summed E-state index contributed by atoms with van der Waals surface area (Å²) >= 11 is 1.50. The van der Waals surface area contributed by atoms with Crippen molar-refractivity contribution in [1.29, 1.82) is 0 Å². The largest absolute Gasteiger partial charge is 0.287 e. The molecule has 1 aliphatic rings. The number of hydrogen-bond acceptors (Lipinski definition) is 4. The van der Waals surface area contributed by atoms with Gasteiger partial charge in [-0.1, -0.05) is 53.3 Å². The molecule has 3 unspecified atom stereocenters. The van der Waals surface area contributed by atoms with Gasteiger partial charge in [0, 0.05) is 11.7 Å². The molecule has 0 aromatic heterocycles. The normalized spacial score (nSPS) is 33.7. The number of rotatable bonds is 4. The van der Waals surface area contributed by atoms with Crippen molar-refractivity contribution in [3.8, 4) is 0 Å². The van der Waals surface area contributed by atoms with Crippen LogP contribution in [0, 0.1) is 11.8 Å². The molecule has 3 atom stereocenters. The van der Waals surface area contributed by atoms with Gasteiger partial charge < -0.3 is 0 Å². The molecule has 1 rings (SSSR count). The van der Waals surface area contributed by atoms with Gasteiger partial charge in [-0.3, -0.25) is 4.79 Å². The van der Waals surface area contributed by atoms with Crippen molar-refractivity contribution in [2.75, 3.05) is 5.75 Å². The monoisotopic (exact) mass is 234 g/mol. The van der Waals surface area contributed by atoms with Gasteiger partial charge in [-0.25, -0.2) is 0 Å². The molecule has 1 saturated heterocycles. The van der Waals surface area contributed by atoms with Crippen LogP contribution in [-0.4, -0.2) is 15.5 Å². The van der Waals surface area contributed by atoms with Crippen molar-refractivity contribution >= 4 is 38.5 Å². The van der Waals surface area contributed by atoms with E-state index in [1.165, 1.54) is 11.8 Å². The van der Waals surface area contributed by atoms with Crippen molar-refractivity contribution in [1.82, 2.24) is 0 Å². The molecule has 0 bridgehead atoms. The van der Waals surface area contributed by atoms with Crippen molar-refractivity contribution in [2.24, 2.45) is 11.8 Å². The Kier molecular flexibility index (Phi) is 4.76. The number of carbonyl (C=O) groups excluding carboxylic acids is 1. The molecule has 74 valence electrons. The van der Waals surface area contributed by atoms with E-state index in [9.17, 15) is 4.79 Å². The fourth-order valence-electron chi connectivity index (χ4n) is 1.04. The van der Waals surface area contributed by atoms with Gasteiger partial charge in [-0.15, -0.1) is 6.58 Å². The summed E-state index contributed by atoms with van der Waals surface area (Å²) < 4.78 is 0.437. The Morgan fingerprint density at radius 3 is 2.77 bits per heavy atom. The van der Waals surface area contributed by atoms with E-state index in [0.29, 0.717) is 15.6 Å². The molecule has 13 heavy (non-hydrogen) atoms. The summed E-state index contributed by atoms with van der Waals surface area (Å²) in [5, 5.41) is 0.351. The van der Waals surface area contributed by atoms with Gasteiger partial charge in [-0.05, 0) is 5.92 Å². The van der Waals surface area contributed by atoms with E-state index >= 15 is 0 Å². The zero-order chi connectivity index (χ0) is 9.84. The summed E-state index contributed by atoms with van der Waals surface area (Å²) in [6, 6.07) is 0. The number of carbonyl (C=O) groups is 1. The van der Waals surface area contributed by atoms with Crippen LogP contribution in [0.1, 0.15) is 13.8 Å². The molecule has 0 N–H and O–H groups in total. The number of hydrogen-bond donors (Lipinski definition) is 0. The van der Waals surface area contributed by atoms with E-state index in [2.05, 4.69) is 13.5 Å². The quantitative estimate of drug-likeness (QED) is 0.421. The van der Waals surface area contributed by atoms with E-state index < -0.39 is 0 Å². The molecule has 1 heterocycles. The van der Waals surface area contributed by atoms with Gasteiger partial charge in [0.2, 0.25) is 0 Å². The van der Waals surface area contributed by atoms with Gasteiger partial charge in [0.1, 0.15) is 0 Å². The van der Waals surface area contributed by atoms with E-state index in [-0.39, 0.29) is 5.92 Å². The molecule has 0 aromatic rings. The van der Waals surface area contributed by atoms with Crippen LogP contribution in [0.25, 0.3) is 0 Å². The first-order valence-corrected chi connectivity index (χ1v) is 7.52. The Bertz CT molecular complexity index is 205. The fraction of sp³-hybridized carbons (Fsp3) is 0.667. The summed E-state index contributed by atoms with van der Waals surface area (Å²) in [4.78, 5) is 11.3. The highest BCUT2D eigenvalue weighted by Gasteiger charge is 2.37. The van der Waals surface area contributed by atoms with Gasteiger partial charge in [0.05, 0.1) is 4.58 Å². The van der Waals surface area contributed by atoms with E-state index in [1.54, 1.807) is 10.8 Å². The molecule has 0 aliphatic carbocycles. The average Bonchev–Trinajstić information content (AvgIpc) is 2.34. The van der Waals surface area contributed by atoms with Gasteiger partial charge >= 0.3 is 0 Å². The van der Waals surface area contributed by atoms with Crippen molar-refractivity contribution in [2.45, 2.75) is 18.4 Å². The third-order valence-electron chi connectivity index (χ3n) is 2.17. The Morgan fingerprint density at radius 2 is 2.31 bits per heavy atom. The lowest BCUT2D eigenvalue weighted by Gasteiger charge is -2.13. The van der Waals surface area contributed by atoms with Crippen LogP contribution in [0.3, 0.4) is 0 Å². The predicted molar refractivity (Wildman–Crippen MR) is 65.0 cm³/mol. The Balaban J connectivity index is 2.35. The zero-order valence-electron chi connectivity index (χ0n) is 7.86. The van der Waals surface area contributed by atoms with E-state index in [0.717, 1.165) is 5.75 Å². The van der Waals surface area contributed by atoms with Crippen LogP contribution in [0.2, 0.25) is 0 Å². The Labute approximate surface area is 91.9 Å². The number of thioether (sulfide) groups is 1. The maximum absolute atomic E-state index is 11.3. The molecule has 0 amide bonds. The fourth-order valence-corrected chi connectivity index (χ4v) is 5.62. The Morgan fingerprint density at radius 1 is 1.62 bits per heavy atom. The zero-order valence-corrected chi connectivity index (χ0v) is 10.3. The third-order valence-corrected chi connectivity index (χ3v) is 6.94. The second-order valence-corrected chi connectivity index (χ2v) is 7.12. The topological polar surface area (TPSA) is 17.1 Å². The standard InChI is InChI=1S/C9H14OS3/c1-4-5-11-13-9-7(3)6(2)8(10)12-9/h4,6-7,9H,1,5H2,2-3H3. The van der Waals surface area contributed by atoms with Crippen LogP contribution in [0.15, 0.2) is 12.7 Å². The lowest BCUT2D eigenvalue weighted by molar-refractivity contribution is -0.114. The lowest BCUT2D eigenvalue weighted by atomic mass is 10.0. The summed E-state index contributed by atoms with van der Waals surface area (Å²) in [6.45, 7) is 7.85. The highest BCUT2D eigenvalue weighted by molar-refractivity contribution is 8.78. The molecule has 1 fully saturated rings. The first-order chi connectivity index (χ1) is 6.16. The van der Waals surface area contributed by atoms with E-state index in [1.807, 2.05) is 23.8 Å². The molecular formula is C9H14OS3. The van der Waals surface area contributed by atoms with Crippen molar-refractivity contribution in [3.63, 3.8) is 0 Å². The average molecular weight is 234 g/mol. The molecule has 4 heteroatoms. The third kappa shape index (κ3) is 2.96. The summed E-state index contributed by atoms with van der Waals surface area (Å²) in [5.41, 5.74) is 0. The lowest BCUT2D eigenvalue weighted by Crippen LogP contribution is -2.11. The van der Waals surface area contributed by atoms with Gasteiger partial charge in [0.15, 0.2) is 5.12 Å². The molecule has 0 spiro atoms. The second kappa shape index (κ2) is 5.37. The molecule has 0 radical (unpaired) electrons. The first-order valence-electron chi connectivity index (χ1n) is 4.26. The van der Waals surface area contributed by atoms with E-state index in [4.69, 9.17) is 0 Å². The van der Waals surface area contributed by atoms with Gasteiger partial charge in [-0.2, -0.15) is 0 Å². The summed E-state index contributed by atoms with van der Waals surface area (Å²) in [6.07, 6.45) is 1.90. The maximum Gasteiger partial charge on any atom is 0.193 e. The molecule has 0 aromatic carbocycles. The first kappa shape index (κ1) is 11.5.